The van der Waals surface area contributed by atoms with E-state index in [1.165, 1.54) is 0 Å². The van der Waals surface area contributed by atoms with E-state index in [0.29, 0.717) is 17.8 Å². The van der Waals surface area contributed by atoms with Crippen LogP contribution in [0.4, 0.5) is 5.69 Å². The van der Waals surface area contributed by atoms with Gasteiger partial charge in [-0.2, -0.15) is 0 Å². The van der Waals surface area contributed by atoms with Gasteiger partial charge in [0.15, 0.2) is 0 Å². The minimum atomic E-state index is -0.0887. The lowest BCUT2D eigenvalue weighted by Gasteiger charge is -2.19. The molecule has 0 unspecified atom stereocenters. The van der Waals surface area contributed by atoms with Crippen LogP contribution in [0.3, 0.4) is 0 Å². The largest absolute Gasteiger partial charge is 0.351 e. The van der Waals surface area contributed by atoms with Gasteiger partial charge < -0.3 is 15.6 Å². The Kier molecular flexibility index (Phi) is 7.04. The van der Waals surface area contributed by atoms with E-state index in [1.807, 2.05) is 25.1 Å². The van der Waals surface area contributed by atoms with Gasteiger partial charge in [0.05, 0.1) is 11.3 Å². The summed E-state index contributed by atoms with van der Waals surface area (Å²) in [7, 11) is 0. The Labute approximate surface area is 121 Å². The van der Waals surface area contributed by atoms with Gasteiger partial charge in [-0.05, 0) is 38.6 Å². The number of benzene rings is 1. The van der Waals surface area contributed by atoms with E-state index in [4.69, 9.17) is 5.84 Å². The SMILES string of the molecule is CCCN(CC)CCNC(=O)c1cc(C)ccc1NN. The molecule has 1 amide bonds. The molecule has 0 radical (unpaired) electrons. The number of carbonyl (C=O) groups is 1. The number of nitrogens with one attached hydrogen (secondary N) is 2. The zero-order valence-electron chi connectivity index (χ0n) is 12.7. The highest BCUT2D eigenvalue weighted by Gasteiger charge is 2.11. The average molecular weight is 278 g/mol. The quantitative estimate of drug-likeness (QED) is 0.500. The Hall–Kier alpha value is -1.59. The van der Waals surface area contributed by atoms with Gasteiger partial charge in [-0.1, -0.05) is 25.5 Å². The number of rotatable bonds is 8. The van der Waals surface area contributed by atoms with Gasteiger partial charge in [0, 0.05) is 13.1 Å². The van der Waals surface area contributed by atoms with Crippen LogP contribution in [-0.2, 0) is 0 Å². The first kappa shape index (κ1) is 16.5. The molecular weight excluding hydrogens is 252 g/mol. The van der Waals surface area contributed by atoms with Crippen LogP contribution in [0, 0.1) is 6.92 Å². The maximum absolute atomic E-state index is 12.2. The summed E-state index contributed by atoms with van der Waals surface area (Å²) >= 11 is 0. The summed E-state index contributed by atoms with van der Waals surface area (Å²) in [6.07, 6.45) is 1.13. The highest BCUT2D eigenvalue weighted by atomic mass is 16.1. The van der Waals surface area contributed by atoms with Crippen LogP contribution in [0.5, 0.6) is 0 Å². The first-order valence-corrected chi connectivity index (χ1v) is 7.20. The van der Waals surface area contributed by atoms with Crippen molar-refractivity contribution in [2.24, 2.45) is 5.84 Å². The van der Waals surface area contributed by atoms with Gasteiger partial charge in [-0.25, -0.2) is 0 Å². The van der Waals surface area contributed by atoms with Crippen LogP contribution >= 0.6 is 0 Å². The second kappa shape index (κ2) is 8.55. The zero-order valence-corrected chi connectivity index (χ0v) is 12.7. The summed E-state index contributed by atoms with van der Waals surface area (Å²) in [5, 5.41) is 2.95. The van der Waals surface area contributed by atoms with E-state index in [9.17, 15) is 4.79 Å². The number of anilines is 1. The van der Waals surface area contributed by atoms with E-state index in [-0.39, 0.29) is 5.91 Å². The van der Waals surface area contributed by atoms with Crippen molar-refractivity contribution in [3.63, 3.8) is 0 Å². The molecule has 0 bridgehead atoms. The standard InChI is InChI=1S/C15H26N4O/c1-4-9-19(5-2)10-8-17-15(20)13-11-12(3)6-7-14(13)18-16/h6-7,11,18H,4-5,8-10,16H2,1-3H3,(H,17,20). The number of nitrogen functional groups attached to an aromatic ring is 1. The molecule has 0 atom stereocenters. The fourth-order valence-corrected chi connectivity index (χ4v) is 2.14. The third-order valence-corrected chi connectivity index (χ3v) is 3.28. The second-order valence-corrected chi connectivity index (χ2v) is 4.88. The molecule has 0 heterocycles. The van der Waals surface area contributed by atoms with Crippen molar-refractivity contribution >= 4 is 11.6 Å². The third kappa shape index (κ3) is 4.83. The van der Waals surface area contributed by atoms with Crippen LogP contribution in [0.15, 0.2) is 18.2 Å². The molecule has 0 fully saturated rings. The van der Waals surface area contributed by atoms with Crippen molar-refractivity contribution in [2.75, 3.05) is 31.6 Å². The molecule has 20 heavy (non-hydrogen) atoms. The number of nitrogens with zero attached hydrogens (tertiary/aromatic N) is 1. The molecule has 1 aromatic carbocycles. The fraction of sp³-hybridized carbons (Fsp3) is 0.533. The van der Waals surface area contributed by atoms with E-state index in [2.05, 4.69) is 29.5 Å². The van der Waals surface area contributed by atoms with Crippen LogP contribution in [0.25, 0.3) is 0 Å². The predicted octanol–water partition coefficient (Wildman–Crippen LogP) is 1.74. The number of amides is 1. The first-order chi connectivity index (χ1) is 9.62. The molecule has 1 aromatic rings. The highest BCUT2D eigenvalue weighted by molar-refractivity contribution is 5.99. The van der Waals surface area contributed by atoms with Gasteiger partial charge in [-0.15, -0.1) is 0 Å². The molecule has 0 saturated heterocycles. The van der Waals surface area contributed by atoms with Crippen LogP contribution in [0.1, 0.15) is 36.2 Å². The van der Waals surface area contributed by atoms with Gasteiger partial charge in [0.25, 0.3) is 5.91 Å². The van der Waals surface area contributed by atoms with E-state index >= 15 is 0 Å². The number of hydrazine groups is 1. The van der Waals surface area contributed by atoms with Gasteiger partial charge in [0.1, 0.15) is 0 Å². The lowest BCUT2D eigenvalue weighted by atomic mass is 10.1. The minimum Gasteiger partial charge on any atom is -0.351 e. The number of likely N-dealkylation sites (N-methyl/N-ethyl adjacent to an activating group) is 1. The maximum Gasteiger partial charge on any atom is 0.253 e. The molecule has 0 aromatic heterocycles. The number of aryl methyl sites for hydroxylation is 1. The molecule has 0 saturated carbocycles. The molecule has 0 aliphatic rings. The average Bonchev–Trinajstić information content (AvgIpc) is 2.46. The Balaban J connectivity index is 2.56. The number of carbonyl (C=O) groups excluding carboxylic acids is 1. The van der Waals surface area contributed by atoms with Crippen LogP contribution in [-0.4, -0.2) is 37.0 Å². The van der Waals surface area contributed by atoms with Crippen molar-refractivity contribution < 1.29 is 4.79 Å². The summed E-state index contributed by atoms with van der Waals surface area (Å²) in [6.45, 7) is 9.83. The molecule has 0 spiro atoms. The van der Waals surface area contributed by atoms with E-state index in [0.717, 1.165) is 31.6 Å². The van der Waals surface area contributed by atoms with Crippen molar-refractivity contribution in [1.82, 2.24) is 10.2 Å². The van der Waals surface area contributed by atoms with Crippen molar-refractivity contribution in [3.8, 4) is 0 Å². The Morgan fingerprint density at radius 2 is 2.05 bits per heavy atom. The van der Waals surface area contributed by atoms with Gasteiger partial charge in [0.2, 0.25) is 0 Å². The van der Waals surface area contributed by atoms with Crippen LogP contribution < -0.4 is 16.6 Å². The predicted molar refractivity (Wildman–Crippen MR) is 83.7 cm³/mol. The number of hydrogen-bond acceptors (Lipinski definition) is 4. The minimum absolute atomic E-state index is 0.0887. The molecule has 4 N–H and O–H groups in total. The normalized spacial score (nSPS) is 10.7. The van der Waals surface area contributed by atoms with Crippen LogP contribution in [0.2, 0.25) is 0 Å². The molecule has 1 rings (SSSR count). The van der Waals surface area contributed by atoms with Gasteiger partial charge >= 0.3 is 0 Å². The molecule has 0 aliphatic carbocycles. The Morgan fingerprint density at radius 1 is 1.30 bits per heavy atom. The molecule has 0 aliphatic heterocycles. The summed E-state index contributed by atoms with van der Waals surface area (Å²) in [5.74, 6) is 5.35. The zero-order chi connectivity index (χ0) is 15.0. The lowest BCUT2D eigenvalue weighted by Crippen LogP contribution is -2.35. The van der Waals surface area contributed by atoms with E-state index in [1.54, 1.807) is 0 Å². The Morgan fingerprint density at radius 3 is 2.65 bits per heavy atom. The second-order valence-electron chi connectivity index (χ2n) is 4.88. The van der Waals surface area contributed by atoms with E-state index < -0.39 is 0 Å². The molecule has 112 valence electrons. The summed E-state index contributed by atoms with van der Waals surface area (Å²) < 4.78 is 0. The topological polar surface area (TPSA) is 70.4 Å². The summed E-state index contributed by atoms with van der Waals surface area (Å²) in [5.41, 5.74) is 4.84. The third-order valence-electron chi connectivity index (χ3n) is 3.28. The number of nitrogens with two attached hydrogens (primary N) is 1. The van der Waals surface area contributed by atoms with Crippen molar-refractivity contribution in [3.05, 3.63) is 29.3 Å². The van der Waals surface area contributed by atoms with Crippen molar-refractivity contribution in [1.29, 1.82) is 0 Å². The molecule has 5 nitrogen and oxygen atoms in total. The number of hydrogen-bond donors (Lipinski definition) is 3. The molecule has 5 heteroatoms. The van der Waals surface area contributed by atoms with Crippen molar-refractivity contribution in [2.45, 2.75) is 27.2 Å². The van der Waals surface area contributed by atoms with Gasteiger partial charge in [-0.3, -0.25) is 10.6 Å². The fourth-order valence-electron chi connectivity index (χ4n) is 2.14. The maximum atomic E-state index is 12.2. The lowest BCUT2D eigenvalue weighted by molar-refractivity contribution is 0.0949. The first-order valence-electron chi connectivity index (χ1n) is 7.20. The smallest absolute Gasteiger partial charge is 0.253 e. The molecular formula is C15H26N4O. The Bertz CT molecular complexity index is 434. The summed E-state index contributed by atoms with van der Waals surface area (Å²) in [4.78, 5) is 14.5. The highest BCUT2D eigenvalue weighted by Crippen LogP contribution is 2.15. The monoisotopic (exact) mass is 278 g/mol. The summed E-state index contributed by atoms with van der Waals surface area (Å²) in [6, 6.07) is 5.58.